The third-order valence-electron chi connectivity index (χ3n) is 4.09. The van der Waals surface area contributed by atoms with Crippen molar-refractivity contribution in [3.63, 3.8) is 0 Å². The van der Waals surface area contributed by atoms with E-state index in [1.54, 1.807) is 24.3 Å². The fourth-order valence-electron chi connectivity index (χ4n) is 2.69. The molecule has 0 atom stereocenters. The smallest absolute Gasteiger partial charge is 0.259 e. The summed E-state index contributed by atoms with van der Waals surface area (Å²) < 4.78 is 17.2. The number of carbonyl (C=O) groups excluding carboxylic acids is 1. The van der Waals surface area contributed by atoms with Gasteiger partial charge in [-0.15, -0.1) is 0 Å². The van der Waals surface area contributed by atoms with E-state index >= 15 is 0 Å². The molecule has 30 heavy (non-hydrogen) atoms. The highest BCUT2D eigenvalue weighted by molar-refractivity contribution is 6.06. The van der Waals surface area contributed by atoms with E-state index < -0.39 is 0 Å². The van der Waals surface area contributed by atoms with Crippen LogP contribution in [0.4, 0.5) is 5.69 Å². The Labute approximate surface area is 176 Å². The molecule has 0 fully saturated rings. The van der Waals surface area contributed by atoms with Crippen molar-refractivity contribution in [2.75, 3.05) is 25.1 Å². The van der Waals surface area contributed by atoms with Gasteiger partial charge in [-0.05, 0) is 48.9 Å². The monoisotopic (exact) mass is 403 g/mol. The highest BCUT2D eigenvalue weighted by atomic mass is 16.5. The molecule has 5 nitrogen and oxygen atoms in total. The van der Waals surface area contributed by atoms with Gasteiger partial charge in [0.1, 0.15) is 37.1 Å². The normalized spacial score (nSPS) is 10.2. The van der Waals surface area contributed by atoms with Gasteiger partial charge in [-0.1, -0.05) is 49.0 Å². The number of anilines is 1. The van der Waals surface area contributed by atoms with E-state index in [4.69, 9.17) is 14.2 Å². The Morgan fingerprint density at radius 1 is 0.800 bits per heavy atom. The number of hydrogen-bond donors (Lipinski definition) is 1. The highest BCUT2D eigenvalue weighted by Gasteiger charge is 2.14. The first-order valence-electron chi connectivity index (χ1n) is 9.71. The third-order valence-corrected chi connectivity index (χ3v) is 4.09. The van der Waals surface area contributed by atoms with Crippen LogP contribution in [-0.2, 0) is 0 Å². The molecule has 154 valence electrons. The molecular formula is C25H25NO4. The predicted octanol–water partition coefficient (Wildman–Crippen LogP) is 5.35. The number of nitrogens with one attached hydrogen (secondary N) is 1. The summed E-state index contributed by atoms with van der Waals surface area (Å²) in [7, 11) is 0. The molecule has 0 aliphatic carbocycles. The lowest BCUT2D eigenvalue weighted by Crippen LogP contribution is -2.16. The van der Waals surface area contributed by atoms with Crippen molar-refractivity contribution in [1.29, 1.82) is 0 Å². The van der Waals surface area contributed by atoms with Gasteiger partial charge >= 0.3 is 0 Å². The van der Waals surface area contributed by atoms with E-state index in [1.807, 2.05) is 61.5 Å². The van der Waals surface area contributed by atoms with Crippen molar-refractivity contribution in [2.24, 2.45) is 0 Å². The number of benzene rings is 3. The number of amides is 1. The molecule has 0 aliphatic heterocycles. The first-order chi connectivity index (χ1) is 14.6. The summed E-state index contributed by atoms with van der Waals surface area (Å²) in [6.07, 6.45) is 0. The Kier molecular flexibility index (Phi) is 7.50. The van der Waals surface area contributed by atoms with Crippen molar-refractivity contribution in [1.82, 2.24) is 0 Å². The predicted molar refractivity (Wildman–Crippen MR) is 119 cm³/mol. The van der Waals surface area contributed by atoms with Gasteiger partial charge in [0.15, 0.2) is 0 Å². The van der Waals surface area contributed by atoms with Gasteiger partial charge in [0.05, 0.1) is 11.3 Å². The first-order valence-corrected chi connectivity index (χ1v) is 9.71. The van der Waals surface area contributed by atoms with Crippen LogP contribution in [0.3, 0.4) is 0 Å². The minimum absolute atomic E-state index is 0.277. The number of carbonyl (C=O) groups is 1. The minimum Gasteiger partial charge on any atom is -0.490 e. The zero-order chi connectivity index (χ0) is 21.2. The Hall–Kier alpha value is -3.73. The number of rotatable bonds is 10. The van der Waals surface area contributed by atoms with E-state index in [0.29, 0.717) is 42.6 Å². The van der Waals surface area contributed by atoms with E-state index in [9.17, 15) is 4.79 Å². The fourth-order valence-corrected chi connectivity index (χ4v) is 2.69. The Balaban J connectivity index is 1.62. The number of para-hydroxylation sites is 4. The maximum Gasteiger partial charge on any atom is 0.259 e. The lowest BCUT2D eigenvalue weighted by atomic mass is 10.1. The second kappa shape index (κ2) is 10.7. The maximum atomic E-state index is 12.9. The van der Waals surface area contributed by atoms with E-state index in [-0.39, 0.29) is 5.91 Å². The van der Waals surface area contributed by atoms with Gasteiger partial charge in [-0.2, -0.15) is 0 Å². The summed E-state index contributed by atoms with van der Waals surface area (Å²) in [5.74, 6) is 1.58. The molecule has 0 saturated heterocycles. The van der Waals surface area contributed by atoms with Crippen LogP contribution in [-0.4, -0.2) is 25.7 Å². The molecular weight excluding hydrogens is 378 g/mol. The lowest BCUT2D eigenvalue weighted by molar-refractivity contribution is 0.102. The molecule has 1 N–H and O–H groups in total. The van der Waals surface area contributed by atoms with Crippen LogP contribution in [0.5, 0.6) is 17.2 Å². The van der Waals surface area contributed by atoms with Gasteiger partial charge in [-0.3, -0.25) is 4.79 Å². The topological polar surface area (TPSA) is 56.8 Å². The van der Waals surface area contributed by atoms with Crippen LogP contribution in [0.1, 0.15) is 17.3 Å². The van der Waals surface area contributed by atoms with Crippen LogP contribution < -0.4 is 19.5 Å². The second-order valence-corrected chi connectivity index (χ2v) is 6.70. The molecule has 0 aromatic heterocycles. The summed E-state index contributed by atoms with van der Waals surface area (Å²) >= 11 is 0. The molecule has 0 heterocycles. The molecule has 0 saturated carbocycles. The molecule has 0 unspecified atom stereocenters. The van der Waals surface area contributed by atoms with Crippen LogP contribution in [0, 0.1) is 0 Å². The maximum absolute atomic E-state index is 12.9. The van der Waals surface area contributed by atoms with Crippen LogP contribution in [0.25, 0.3) is 0 Å². The third kappa shape index (κ3) is 6.14. The van der Waals surface area contributed by atoms with Crippen molar-refractivity contribution >= 4 is 11.6 Å². The van der Waals surface area contributed by atoms with Gasteiger partial charge in [0.25, 0.3) is 5.91 Å². The quantitative estimate of drug-likeness (QED) is 0.366. The molecule has 0 radical (unpaired) electrons. The number of ether oxygens (including phenoxy) is 3. The minimum atomic E-state index is -0.277. The van der Waals surface area contributed by atoms with Gasteiger partial charge in [0, 0.05) is 0 Å². The van der Waals surface area contributed by atoms with Crippen molar-refractivity contribution in [2.45, 2.75) is 6.92 Å². The molecule has 3 aromatic rings. The Bertz CT molecular complexity index is 985. The Morgan fingerprint density at radius 3 is 2.20 bits per heavy atom. The summed E-state index contributed by atoms with van der Waals surface area (Å²) in [4.78, 5) is 12.9. The molecule has 1 amide bonds. The lowest BCUT2D eigenvalue weighted by Gasteiger charge is -2.14. The van der Waals surface area contributed by atoms with Gasteiger partial charge < -0.3 is 19.5 Å². The molecule has 5 heteroatoms. The molecule has 3 rings (SSSR count). The van der Waals surface area contributed by atoms with Crippen molar-refractivity contribution in [3.8, 4) is 17.2 Å². The van der Waals surface area contributed by atoms with Crippen LogP contribution in [0.15, 0.2) is 91.0 Å². The van der Waals surface area contributed by atoms with Gasteiger partial charge in [-0.25, -0.2) is 0 Å². The summed E-state index contributed by atoms with van der Waals surface area (Å²) in [6, 6.07) is 23.9. The Morgan fingerprint density at radius 2 is 1.43 bits per heavy atom. The summed E-state index contributed by atoms with van der Waals surface area (Å²) in [5, 5.41) is 2.90. The summed E-state index contributed by atoms with van der Waals surface area (Å²) in [5.41, 5.74) is 1.92. The van der Waals surface area contributed by atoms with E-state index in [2.05, 4.69) is 11.9 Å². The fraction of sp³-hybridized carbons (Fsp3) is 0.160. The van der Waals surface area contributed by atoms with Crippen molar-refractivity contribution < 1.29 is 19.0 Å². The first kappa shape index (κ1) is 21.0. The van der Waals surface area contributed by atoms with Crippen molar-refractivity contribution in [3.05, 3.63) is 96.6 Å². The average Bonchev–Trinajstić information content (AvgIpc) is 2.77. The summed E-state index contributed by atoms with van der Waals surface area (Å²) in [6.45, 7) is 6.79. The van der Waals surface area contributed by atoms with Gasteiger partial charge in [0.2, 0.25) is 0 Å². The molecule has 0 bridgehead atoms. The largest absolute Gasteiger partial charge is 0.490 e. The van der Waals surface area contributed by atoms with E-state index in [0.717, 1.165) is 11.3 Å². The standard InChI is InChI=1S/C25H25NO4/c1-19(2)18-30-24-15-9-7-13-22(24)26-25(27)21-12-6-8-14-23(21)29-17-16-28-20-10-4-3-5-11-20/h3-15H,1,16-18H2,2H3,(H,26,27). The molecule has 3 aromatic carbocycles. The SMILES string of the molecule is C=C(C)COc1ccccc1NC(=O)c1ccccc1OCCOc1ccccc1. The molecule has 0 aliphatic rings. The highest BCUT2D eigenvalue weighted by Crippen LogP contribution is 2.26. The van der Waals surface area contributed by atoms with E-state index in [1.165, 1.54) is 0 Å². The average molecular weight is 403 g/mol. The number of hydrogen-bond acceptors (Lipinski definition) is 4. The van der Waals surface area contributed by atoms with Crippen LogP contribution >= 0.6 is 0 Å². The van der Waals surface area contributed by atoms with Crippen LogP contribution in [0.2, 0.25) is 0 Å². The second-order valence-electron chi connectivity index (χ2n) is 6.70. The zero-order valence-corrected chi connectivity index (χ0v) is 17.0. The molecule has 0 spiro atoms. The zero-order valence-electron chi connectivity index (χ0n) is 17.0.